The summed E-state index contributed by atoms with van der Waals surface area (Å²) in [5, 5.41) is 3.16. The van der Waals surface area contributed by atoms with E-state index in [1.165, 1.54) is 38.1 Å². The van der Waals surface area contributed by atoms with Crippen LogP contribution in [-0.2, 0) is 14.3 Å². The molecule has 1 amide bonds. The Hall–Kier alpha value is -2.60. The molecule has 0 unspecified atom stereocenters. The van der Waals surface area contributed by atoms with E-state index in [-0.39, 0.29) is 0 Å². The van der Waals surface area contributed by atoms with Crippen molar-refractivity contribution in [2.45, 2.75) is 26.1 Å². The van der Waals surface area contributed by atoms with Crippen LogP contribution >= 0.6 is 11.6 Å². The van der Waals surface area contributed by atoms with Crippen LogP contribution in [0.5, 0.6) is 5.75 Å². The number of rotatable bonds is 6. The SMILES string of the molecule is C[C@H](Oc1ccc(F)cc1)C(=O)O[C@H](C)C(=O)Nc1ccc(Cl)cc1. The Morgan fingerprint density at radius 2 is 1.60 bits per heavy atom. The summed E-state index contributed by atoms with van der Waals surface area (Å²) in [6.45, 7) is 2.93. The average Bonchev–Trinajstić information content (AvgIpc) is 2.58. The monoisotopic (exact) mass is 365 g/mol. The van der Waals surface area contributed by atoms with Gasteiger partial charge in [0.15, 0.2) is 12.2 Å². The average molecular weight is 366 g/mol. The number of carbonyl (C=O) groups excluding carboxylic acids is 2. The van der Waals surface area contributed by atoms with Gasteiger partial charge in [0.05, 0.1) is 0 Å². The fraction of sp³-hybridized carbons (Fsp3) is 0.222. The van der Waals surface area contributed by atoms with Crippen LogP contribution in [0.15, 0.2) is 48.5 Å². The summed E-state index contributed by atoms with van der Waals surface area (Å²) in [6.07, 6.45) is -1.96. The second kappa shape index (κ2) is 8.48. The summed E-state index contributed by atoms with van der Waals surface area (Å²) >= 11 is 5.77. The van der Waals surface area contributed by atoms with E-state index in [4.69, 9.17) is 21.1 Å². The summed E-state index contributed by atoms with van der Waals surface area (Å²) in [4.78, 5) is 24.1. The summed E-state index contributed by atoms with van der Waals surface area (Å²) in [7, 11) is 0. The zero-order valence-electron chi connectivity index (χ0n) is 13.7. The van der Waals surface area contributed by atoms with E-state index in [9.17, 15) is 14.0 Å². The Balaban J connectivity index is 1.86. The number of amides is 1. The van der Waals surface area contributed by atoms with Crippen LogP contribution in [-0.4, -0.2) is 24.1 Å². The number of hydrogen-bond acceptors (Lipinski definition) is 4. The molecule has 0 spiro atoms. The topological polar surface area (TPSA) is 64.6 Å². The first-order valence-corrected chi connectivity index (χ1v) is 7.92. The highest BCUT2D eigenvalue weighted by Crippen LogP contribution is 2.15. The van der Waals surface area contributed by atoms with Crippen molar-refractivity contribution in [1.82, 2.24) is 0 Å². The van der Waals surface area contributed by atoms with Gasteiger partial charge < -0.3 is 14.8 Å². The van der Waals surface area contributed by atoms with Crippen LogP contribution in [0.2, 0.25) is 5.02 Å². The second-order valence-electron chi connectivity index (χ2n) is 5.29. The first-order valence-electron chi connectivity index (χ1n) is 7.54. The molecule has 0 fully saturated rings. The van der Waals surface area contributed by atoms with Gasteiger partial charge in [0.25, 0.3) is 5.91 Å². The zero-order valence-corrected chi connectivity index (χ0v) is 14.4. The number of halogens is 2. The molecule has 2 rings (SSSR count). The number of benzene rings is 2. The lowest BCUT2D eigenvalue weighted by Gasteiger charge is -2.17. The maximum Gasteiger partial charge on any atom is 0.347 e. The number of anilines is 1. The lowest BCUT2D eigenvalue weighted by atomic mass is 10.3. The normalized spacial score (nSPS) is 12.8. The van der Waals surface area contributed by atoms with Crippen molar-refractivity contribution in [2.24, 2.45) is 0 Å². The largest absolute Gasteiger partial charge is 0.479 e. The predicted molar refractivity (Wildman–Crippen MR) is 92.1 cm³/mol. The molecule has 5 nitrogen and oxygen atoms in total. The maximum atomic E-state index is 12.8. The quantitative estimate of drug-likeness (QED) is 0.790. The molecule has 2 aromatic rings. The molecule has 7 heteroatoms. The highest BCUT2D eigenvalue weighted by atomic mass is 35.5. The lowest BCUT2D eigenvalue weighted by Crippen LogP contribution is -2.35. The molecule has 25 heavy (non-hydrogen) atoms. The molecule has 2 atom stereocenters. The molecule has 0 bridgehead atoms. The van der Waals surface area contributed by atoms with Crippen molar-refractivity contribution in [3.63, 3.8) is 0 Å². The Labute approximate surface area is 149 Å². The predicted octanol–water partition coefficient (Wildman–Crippen LogP) is 3.82. The van der Waals surface area contributed by atoms with Crippen molar-refractivity contribution >= 4 is 29.2 Å². The summed E-state index contributed by atoms with van der Waals surface area (Å²) < 4.78 is 23.3. The van der Waals surface area contributed by atoms with Gasteiger partial charge in [-0.2, -0.15) is 0 Å². The van der Waals surface area contributed by atoms with E-state index >= 15 is 0 Å². The summed E-state index contributed by atoms with van der Waals surface area (Å²) in [6, 6.07) is 11.8. The number of carbonyl (C=O) groups is 2. The third-order valence-electron chi connectivity index (χ3n) is 3.23. The van der Waals surface area contributed by atoms with Crippen LogP contribution in [0.1, 0.15) is 13.8 Å². The molecule has 2 aromatic carbocycles. The Kier molecular flexibility index (Phi) is 6.36. The smallest absolute Gasteiger partial charge is 0.347 e. The maximum absolute atomic E-state index is 12.8. The highest BCUT2D eigenvalue weighted by molar-refractivity contribution is 6.30. The minimum Gasteiger partial charge on any atom is -0.479 e. The van der Waals surface area contributed by atoms with Crippen LogP contribution in [0, 0.1) is 5.82 Å². The summed E-state index contributed by atoms with van der Waals surface area (Å²) in [5.74, 6) is -1.27. The van der Waals surface area contributed by atoms with Gasteiger partial charge in [0.1, 0.15) is 11.6 Å². The van der Waals surface area contributed by atoms with Gasteiger partial charge in [-0.05, 0) is 62.4 Å². The van der Waals surface area contributed by atoms with Crippen molar-refractivity contribution in [3.05, 3.63) is 59.4 Å². The zero-order chi connectivity index (χ0) is 18.4. The van der Waals surface area contributed by atoms with Gasteiger partial charge in [0, 0.05) is 10.7 Å². The number of hydrogen-bond donors (Lipinski definition) is 1. The van der Waals surface area contributed by atoms with E-state index in [1.54, 1.807) is 24.3 Å². The molecule has 132 valence electrons. The fourth-order valence-corrected chi connectivity index (χ4v) is 1.99. The molecule has 0 aliphatic rings. The number of esters is 1. The molecule has 0 aliphatic carbocycles. The van der Waals surface area contributed by atoms with Gasteiger partial charge in [-0.3, -0.25) is 4.79 Å². The third-order valence-corrected chi connectivity index (χ3v) is 3.48. The van der Waals surface area contributed by atoms with Crippen molar-refractivity contribution in [1.29, 1.82) is 0 Å². The molecule has 0 aliphatic heterocycles. The van der Waals surface area contributed by atoms with Crippen LogP contribution < -0.4 is 10.1 Å². The highest BCUT2D eigenvalue weighted by Gasteiger charge is 2.23. The Morgan fingerprint density at radius 3 is 2.20 bits per heavy atom. The number of ether oxygens (including phenoxy) is 2. The van der Waals surface area contributed by atoms with Crippen molar-refractivity contribution in [2.75, 3.05) is 5.32 Å². The van der Waals surface area contributed by atoms with Gasteiger partial charge in [-0.15, -0.1) is 0 Å². The first kappa shape index (κ1) is 18.7. The van der Waals surface area contributed by atoms with Crippen molar-refractivity contribution < 1.29 is 23.5 Å². The van der Waals surface area contributed by atoms with Gasteiger partial charge in [-0.25, -0.2) is 9.18 Å². The standard InChI is InChI=1S/C18H17ClFNO4/c1-11(17(22)21-15-7-3-13(19)4-8-15)25-18(23)12(2)24-16-9-5-14(20)6-10-16/h3-12H,1-2H3,(H,21,22)/t11-,12+/m1/s1. The molecule has 0 aromatic heterocycles. The van der Waals surface area contributed by atoms with E-state index in [0.717, 1.165) is 0 Å². The van der Waals surface area contributed by atoms with E-state index < -0.39 is 29.9 Å². The second-order valence-corrected chi connectivity index (χ2v) is 5.73. The Morgan fingerprint density at radius 1 is 1.00 bits per heavy atom. The lowest BCUT2D eigenvalue weighted by molar-refractivity contribution is -0.159. The van der Waals surface area contributed by atoms with Crippen LogP contribution in [0.3, 0.4) is 0 Å². The van der Waals surface area contributed by atoms with Gasteiger partial charge >= 0.3 is 5.97 Å². The fourth-order valence-electron chi connectivity index (χ4n) is 1.87. The molecular weight excluding hydrogens is 349 g/mol. The van der Waals surface area contributed by atoms with E-state index in [2.05, 4.69) is 5.32 Å². The minimum absolute atomic E-state index is 0.323. The number of nitrogens with one attached hydrogen (secondary N) is 1. The molecule has 0 heterocycles. The molecule has 0 saturated heterocycles. The summed E-state index contributed by atoms with van der Waals surface area (Å²) in [5.41, 5.74) is 0.535. The Bertz CT molecular complexity index is 734. The van der Waals surface area contributed by atoms with Crippen LogP contribution in [0.4, 0.5) is 10.1 Å². The molecule has 1 N–H and O–H groups in total. The third kappa shape index (κ3) is 5.76. The first-order chi connectivity index (χ1) is 11.8. The molecule has 0 saturated carbocycles. The van der Waals surface area contributed by atoms with E-state index in [1.807, 2.05) is 0 Å². The van der Waals surface area contributed by atoms with E-state index in [0.29, 0.717) is 16.5 Å². The minimum atomic E-state index is -1.01. The van der Waals surface area contributed by atoms with Crippen LogP contribution in [0.25, 0.3) is 0 Å². The van der Waals surface area contributed by atoms with Gasteiger partial charge in [-0.1, -0.05) is 11.6 Å². The van der Waals surface area contributed by atoms with Crippen molar-refractivity contribution in [3.8, 4) is 5.75 Å². The van der Waals surface area contributed by atoms with Gasteiger partial charge in [0.2, 0.25) is 0 Å². The molecular formula is C18H17ClFNO4. The molecule has 0 radical (unpaired) electrons.